The largest absolute Gasteiger partial charge is 0.485 e. The molecule has 136 valence electrons. The molecule has 24 heavy (non-hydrogen) atoms. The molecule has 0 saturated heterocycles. The molecule has 0 atom stereocenters. The highest BCUT2D eigenvalue weighted by atomic mass is 16.6. The summed E-state index contributed by atoms with van der Waals surface area (Å²) in [6.45, 7) is 4.43. The van der Waals surface area contributed by atoms with Gasteiger partial charge in [-0.2, -0.15) is 0 Å². The molecule has 5 nitrogen and oxygen atoms in total. The van der Waals surface area contributed by atoms with Gasteiger partial charge in [-0.15, -0.1) is 0 Å². The van der Waals surface area contributed by atoms with Gasteiger partial charge in [0, 0.05) is 6.42 Å². The van der Waals surface area contributed by atoms with Crippen molar-refractivity contribution in [2.24, 2.45) is 0 Å². The van der Waals surface area contributed by atoms with Crippen molar-refractivity contribution in [1.29, 1.82) is 0 Å². The SMILES string of the molecule is CCCCCCCCCCC(=O)OCCn1cc2c(c1)OCCO2. The highest BCUT2D eigenvalue weighted by Gasteiger charge is 2.14. The zero-order chi connectivity index (χ0) is 17.0. The van der Waals surface area contributed by atoms with Gasteiger partial charge in [0.05, 0.1) is 18.9 Å². The molecule has 0 fully saturated rings. The molecular weight excluding hydrogens is 306 g/mol. The van der Waals surface area contributed by atoms with Crippen LogP contribution >= 0.6 is 0 Å². The molecule has 0 saturated carbocycles. The molecule has 0 unspecified atom stereocenters. The molecule has 0 N–H and O–H groups in total. The van der Waals surface area contributed by atoms with Gasteiger partial charge in [0.15, 0.2) is 11.5 Å². The number of ether oxygens (including phenoxy) is 3. The van der Waals surface area contributed by atoms with Crippen molar-refractivity contribution < 1.29 is 19.0 Å². The van der Waals surface area contributed by atoms with E-state index in [1.165, 1.54) is 38.5 Å². The van der Waals surface area contributed by atoms with Gasteiger partial charge >= 0.3 is 5.97 Å². The van der Waals surface area contributed by atoms with E-state index in [9.17, 15) is 4.79 Å². The lowest BCUT2D eigenvalue weighted by Crippen LogP contribution is -2.13. The topological polar surface area (TPSA) is 49.7 Å². The number of hydrogen-bond donors (Lipinski definition) is 0. The average molecular weight is 337 g/mol. The minimum absolute atomic E-state index is 0.0922. The Balaban J connectivity index is 1.47. The van der Waals surface area contributed by atoms with E-state index < -0.39 is 0 Å². The molecule has 0 aromatic carbocycles. The lowest BCUT2D eigenvalue weighted by atomic mass is 10.1. The first-order valence-electron chi connectivity index (χ1n) is 9.40. The second kappa shape index (κ2) is 11.0. The Labute approximate surface area is 145 Å². The van der Waals surface area contributed by atoms with Crippen LogP contribution in [0.4, 0.5) is 0 Å². The van der Waals surface area contributed by atoms with Crippen LogP contribution in [-0.4, -0.2) is 30.4 Å². The number of carbonyl (C=O) groups excluding carboxylic acids is 1. The van der Waals surface area contributed by atoms with Crippen LogP contribution < -0.4 is 9.47 Å². The highest BCUT2D eigenvalue weighted by Crippen LogP contribution is 2.30. The Morgan fingerprint density at radius 2 is 1.58 bits per heavy atom. The lowest BCUT2D eigenvalue weighted by molar-refractivity contribution is -0.144. The molecule has 1 aliphatic rings. The maximum Gasteiger partial charge on any atom is 0.305 e. The smallest absolute Gasteiger partial charge is 0.305 e. The summed E-state index contributed by atoms with van der Waals surface area (Å²) in [5.74, 6) is 1.45. The standard InChI is InChI=1S/C19H31NO4/c1-2-3-4-5-6-7-8-9-10-19(21)24-12-11-20-15-17-18(16-20)23-14-13-22-17/h15-16H,2-14H2,1H3. The van der Waals surface area contributed by atoms with Gasteiger partial charge in [-0.25, -0.2) is 0 Å². The lowest BCUT2D eigenvalue weighted by Gasteiger charge is -2.13. The van der Waals surface area contributed by atoms with E-state index in [0.29, 0.717) is 32.8 Å². The molecule has 0 amide bonds. The monoisotopic (exact) mass is 337 g/mol. The van der Waals surface area contributed by atoms with Crippen LogP contribution in [0.3, 0.4) is 0 Å². The third kappa shape index (κ3) is 6.85. The van der Waals surface area contributed by atoms with E-state index in [2.05, 4.69) is 6.92 Å². The number of unbranched alkanes of at least 4 members (excludes halogenated alkanes) is 7. The molecule has 5 heteroatoms. The van der Waals surface area contributed by atoms with Crippen LogP contribution in [0.1, 0.15) is 64.7 Å². The van der Waals surface area contributed by atoms with E-state index >= 15 is 0 Å². The van der Waals surface area contributed by atoms with Crippen LogP contribution in [0, 0.1) is 0 Å². The molecule has 2 heterocycles. The summed E-state index contributed by atoms with van der Waals surface area (Å²) >= 11 is 0. The Bertz CT molecular complexity index is 460. The van der Waals surface area contributed by atoms with E-state index in [4.69, 9.17) is 14.2 Å². The second-order valence-corrected chi connectivity index (χ2v) is 6.37. The Kier molecular flexibility index (Phi) is 8.56. The van der Waals surface area contributed by atoms with E-state index in [0.717, 1.165) is 24.3 Å². The predicted molar refractivity (Wildman–Crippen MR) is 93.6 cm³/mol. The van der Waals surface area contributed by atoms with E-state index in [1.807, 2.05) is 17.0 Å². The van der Waals surface area contributed by atoms with Crippen molar-refractivity contribution >= 4 is 5.97 Å². The van der Waals surface area contributed by atoms with Crippen LogP contribution in [0.2, 0.25) is 0 Å². The van der Waals surface area contributed by atoms with Crippen molar-refractivity contribution in [3.8, 4) is 11.5 Å². The van der Waals surface area contributed by atoms with E-state index in [1.54, 1.807) is 0 Å². The second-order valence-electron chi connectivity index (χ2n) is 6.37. The molecule has 0 aliphatic carbocycles. The molecule has 1 aliphatic heterocycles. The average Bonchev–Trinajstić information content (AvgIpc) is 3.00. The maximum absolute atomic E-state index is 11.7. The zero-order valence-corrected chi connectivity index (χ0v) is 14.9. The van der Waals surface area contributed by atoms with Gasteiger partial charge in [0.1, 0.15) is 19.8 Å². The van der Waals surface area contributed by atoms with Crippen molar-refractivity contribution in [2.45, 2.75) is 71.3 Å². The molecule has 0 bridgehead atoms. The summed E-state index contributed by atoms with van der Waals surface area (Å²) in [5, 5.41) is 0. The van der Waals surface area contributed by atoms with Crippen molar-refractivity contribution in [3.05, 3.63) is 12.4 Å². The molecule has 2 rings (SSSR count). The van der Waals surface area contributed by atoms with Gasteiger partial charge in [-0.1, -0.05) is 51.9 Å². The summed E-state index contributed by atoms with van der Waals surface area (Å²) in [6.07, 6.45) is 14.2. The van der Waals surface area contributed by atoms with Crippen molar-refractivity contribution in [2.75, 3.05) is 19.8 Å². The number of fused-ring (bicyclic) bond motifs is 1. The number of esters is 1. The number of hydrogen-bond acceptors (Lipinski definition) is 4. The van der Waals surface area contributed by atoms with Gasteiger partial charge in [0.25, 0.3) is 0 Å². The van der Waals surface area contributed by atoms with Crippen LogP contribution in [0.15, 0.2) is 12.4 Å². The summed E-state index contributed by atoms with van der Waals surface area (Å²) < 4.78 is 18.2. The molecular formula is C19H31NO4. The third-order valence-electron chi connectivity index (χ3n) is 4.25. The third-order valence-corrected chi connectivity index (χ3v) is 4.25. The molecule has 1 aromatic rings. The normalized spacial score (nSPS) is 13.0. The molecule has 0 spiro atoms. The summed E-state index contributed by atoms with van der Waals surface area (Å²) in [6, 6.07) is 0. The van der Waals surface area contributed by atoms with Crippen molar-refractivity contribution in [1.82, 2.24) is 4.57 Å². The molecule has 1 aromatic heterocycles. The maximum atomic E-state index is 11.7. The fraction of sp³-hybridized carbons (Fsp3) is 0.737. The van der Waals surface area contributed by atoms with Gasteiger partial charge < -0.3 is 18.8 Å². The fourth-order valence-corrected chi connectivity index (χ4v) is 2.86. The quantitative estimate of drug-likeness (QED) is 0.421. The first-order valence-corrected chi connectivity index (χ1v) is 9.40. The number of aromatic nitrogens is 1. The summed E-state index contributed by atoms with van der Waals surface area (Å²) in [7, 11) is 0. The van der Waals surface area contributed by atoms with Gasteiger partial charge in [0.2, 0.25) is 0 Å². The number of rotatable bonds is 12. The Morgan fingerprint density at radius 3 is 2.21 bits per heavy atom. The van der Waals surface area contributed by atoms with Gasteiger partial charge in [-0.05, 0) is 6.42 Å². The first kappa shape index (κ1) is 18.7. The Morgan fingerprint density at radius 1 is 1.00 bits per heavy atom. The first-order chi connectivity index (χ1) is 11.8. The van der Waals surface area contributed by atoms with Crippen molar-refractivity contribution in [3.63, 3.8) is 0 Å². The number of carbonyl (C=O) groups is 1. The summed E-state index contributed by atoms with van der Waals surface area (Å²) in [4.78, 5) is 11.7. The molecule has 0 radical (unpaired) electrons. The summed E-state index contributed by atoms with van der Waals surface area (Å²) in [5.41, 5.74) is 0. The minimum Gasteiger partial charge on any atom is -0.485 e. The predicted octanol–water partition coefficient (Wildman–Crippen LogP) is 4.33. The van der Waals surface area contributed by atoms with E-state index in [-0.39, 0.29) is 5.97 Å². The van der Waals surface area contributed by atoms with Crippen LogP contribution in [0.25, 0.3) is 0 Å². The zero-order valence-electron chi connectivity index (χ0n) is 14.9. The Hall–Kier alpha value is -1.65. The highest BCUT2D eigenvalue weighted by molar-refractivity contribution is 5.69. The number of nitrogens with zero attached hydrogens (tertiary/aromatic N) is 1. The van der Waals surface area contributed by atoms with Gasteiger partial charge in [-0.3, -0.25) is 4.79 Å². The minimum atomic E-state index is -0.0922. The fourth-order valence-electron chi connectivity index (χ4n) is 2.86. The van der Waals surface area contributed by atoms with Crippen LogP contribution in [0.5, 0.6) is 11.5 Å². The van der Waals surface area contributed by atoms with Crippen LogP contribution in [-0.2, 0) is 16.1 Å².